The molecular formula is C17H24N2S. The number of hydrogen-bond acceptors (Lipinski definition) is 3. The van der Waals surface area contributed by atoms with Gasteiger partial charge in [-0.3, -0.25) is 0 Å². The van der Waals surface area contributed by atoms with E-state index in [9.17, 15) is 0 Å². The zero-order chi connectivity index (χ0) is 14.5. The summed E-state index contributed by atoms with van der Waals surface area (Å²) in [5, 5.41) is 4.90. The van der Waals surface area contributed by atoms with Gasteiger partial charge in [-0.1, -0.05) is 31.2 Å². The molecule has 1 unspecified atom stereocenters. The number of aryl methyl sites for hydroxylation is 3. The maximum Gasteiger partial charge on any atom is 0.0949 e. The summed E-state index contributed by atoms with van der Waals surface area (Å²) < 4.78 is 0. The SMILES string of the molecule is CCCNC(Cc1nc(C)c(C)s1)c1ccccc1C. The molecule has 108 valence electrons. The van der Waals surface area contributed by atoms with Crippen molar-refractivity contribution >= 4 is 11.3 Å². The lowest BCUT2D eigenvalue weighted by molar-refractivity contribution is 0.526. The summed E-state index contributed by atoms with van der Waals surface area (Å²) in [5.74, 6) is 0. The van der Waals surface area contributed by atoms with E-state index in [1.165, 1.54) is 26.7 Å². The van der Waals surface area contributed by atoms with Gasteiger partial charge in [0.25, 0.3) is 0 Å². The van der Waals surface area contributed by atoms with E-state index in [1.54, 1.807) is 0 Å². The minimum absolute atomic E-state index is 0.362. The summed E-state index contributed by atoms with van der Waals surface area (Å²) in [6.45, 7) is 9.69. The predicted octanol–water partition coefficient (Wildman–Crippen LogP) is 4.35. The van der Waals surface area contributed by atoms with Crippen LogP contribution in [0.4, 0.5) is 0 Å². The van der Waals surface area contributed by atoms with Gasteiger partial charge in [-0.15, -0.1) is 11.3 Å². The fraction of sp³-hybridized carbons (Fsp3) is 0.471. The molecule has 1 heterocycles. The van der Waals surface area contributed by atoms with Crippen LogP contribution >= 0.6 is 11.3 Å². The molecule has 0 radical (unpaired) electrons. The van der Waals surface area contributed by atoms with Gasteiger partial charge in [0, 0.05) is 17.3 Å². The summed E-state index contributed by atoms with van der Waals surface area (Å²) in [4.78, 5) is 6.02. The Hall–Kier alpha value is -1.19. The van der Waals surface area contributed by atoms with Gasteiger partial charge >= 0.3 is 0 Å². The molecule has 0 fully saturated rings. The molecule has 0 saturated heterocycles. The molecule has 0 spiro atoms. The van der Waals surface area contributed by atoms with Gasteiger partial charge < -0.3 is 5.32 Å². The summed E-state index contributed by atoms with van der Waals surface area (Å²) in [6.07, 6.45) is 2.13. The average molecular weight is 288 g/mol. The maximum atomic E-state index is 4.69. The Morgan fingerprint density at radius 2 is 1.95 bits per heavy atom. The van der Waals surface area contributed by atoms with Gasteiger partial charge in [-0.25, -0.2) is 4.98 Å². The number of rotatable bonds is 6. The molecule has 0 aliphatic heterocycles. The molecule has 0 bridgehead atoms. The molecule has 0 aliphatic rings. The standard InChI is InChI=1S/C17H24N2S/c1-5-10-18-16(15-9-7-6-8-12(15)2)11-17-19-13(3)14(4)20-17/h6-9,16,18H,5,10-11H2,1-4H3. The van der Waals surface area contributed by atoms with Crippen LogP contribution in [0.1, 0.15) is 46.1 Å². The highest BCUT2D eigenvalue weighted by Gasteiger charge is 2.16. The normalized spacial score (nSPS) is 12.6. The summed E-state index contributed by atoms with van der Waals surface area (Å²) in [6, 6.07) is 9.01. The van der Waals surface area contributed by atoms with Crippen molar-refractivity contribution in [2.45, 2.75) is 46.6 Å². The molecule has 20 heavy (non-hydrogen) atoms. The van der Waals surface area contributed by atoms with E-state index in [0.717, 1.165) is 19.4 Å². The smallest absolute Gasteiger partial charge is 0.0949 e. The van der Waals surface area contributed by atoms with Crippen molar-refractivity contribution < 1.29 is 0 Å². The number of hydrogen-bond donors (Lipinski definition) is 1. The molecule has 1 aromatic heterocycles. The molecule has 1 atom stereocenters. The van der Waals surface area contributed by atoms with E-state index in [2.05, 4.69) is 57.3 Å². The van der Waals surface area contributed by atoms with Crippen LogP contribution in [-0.4, -0.2) is 11.5 Å². The molecule has 2 nitrogen and oxygen atoms in total. The summed E-state index contributed by atoms with van der Waals surface area (Å²) in [7, 11) is 0. The van der Waals surface area contributed by atoms with E-state index in [0.29, 0.717) is 6.04 Å². The van der Waals surface area contributed by atoms with Crippen molar-refractivity contribution in [2.75, 3.05) is 6.54 Å². The fourth-order valence-corrected chi connectivity index (χ4v) is 3.37. The summed E-state index contributed by atoms with van der Waals surface area (Å²) in [5.41, 5.74) is 3.92. The Balaban J connectivity index is 2.21. The topological polar surface area (TPSA) is 24.9 Å². The van der Waals surface area contributed by atoms with Crippen molar-refractivity contribution in [3.63, 3.8) is 0 Å². The zero-order valence-electron chi connectivity index (χ0n) is 12.9. The molecule has 1 aromatic carbocycles. The Labute approximate surface area is 126 Å². The molecule has 0 saturated carbocycles. The lowest BCUT2D eigenvalue weighted by Crippen LogP contribution is -2.24. The van der Waals surface area contributed by atoms with Gasteiger partial charge in [0.2, 0.25) is 0 Å². The first-order chi connectivity index (χ1) is 9.61. The van der Waals surface area contributed by atoms with Crippen LogP contribution in [0.3, 0.4) is 0 Å². The quantitative estimate of drug-likeness (QED) is 0.854. The minimum Gasteiger partial charge on any atom is -0.310 e. The Kier molecular flexibility index (Phi) is 5.32. The van der Waals surface area contributed by atoms with Crippen LogP contribution in [-0.2, 0) is 6.42 Å². The number of aromatic nitrogens is 1. The van der Waals surface area contributed by atoms with E-state index in [1.807, 2.05) is 11.3 Å². The van der Waals surface area contributed by atoms with Crippen LogP contribution in [0.5, 0.6) is 0 Å². The third-order valence-electron chi connectivity index (χ3n) is 3.66. The molecule has 0 amide bonds. The van der Waals surface area contributed by atoms with E-state index < -0.39 is 0 Å². The predicted molar refractivity (Wildman–Crippen MR) is 87.5 cm³/mol. The third-order valence-corrected chi connectivity index (χ3v) is 4.75. The number of thiazole rings is 1. The zero-order valence-corrected chi connectivity index (χ0v) is 13.7. The third kappa shape index (κ3) is 3.68. The van der Waals surface area contributed by atoms with Crippen molar-refractivity contribution in [2.24, 2.45) is 0 Å². The second kappa shape index (κ2) is 7.00. The van der Waals surface area contributed by atoms with Crippen molar-refractivity contribution in [1.29, 1.82) is 0 Å². The van der Waals surface area contributed by atoms with Gasteiger partial charge in [-0.2, -0.15) is 0 Å². The van der Waals surface area contributed by atoms with Crippen LogP contribution < -0.4 is 5.32 Å². The Morgan fingerprint density at radius 3 is 2.55 bits per heavy atom. The second-order valence-electron chi connectivity index (χ2n) is 5.32. The number of benzene rings is 1. The number of nitrogens with zero attached hydrogens (tertiary/aromatic N) is 1. The second-order valence-corrected chi connectivity index (χ2v) is 6.60. The van der Waals surface area contributed by atoms with Crippen LogP contribution in [0.15, 0.2) is 24.3 Å². The van der Waals surface area contributed by atoms with Gasteiger partial charge in [0.05, 0.1) is 10.7 Å². The molecule has 2 aromatic rings. The van der Waals surface area contributed by atoms with Crippen molar-refractivity contribution in [3.05, 3.63) is 51.0 Å². The molecule has 1 N–H and O–H groups in total. The average Bonchev–Trinajstić information content (AvgIpc) is 2.74. The van der Waals surface area contributed by atoms with Crippen LogP contribution in [0.25, 0.3) is 0 Å². The van der Waals surface area contributed by atoms with Crippen LogP contribution in [0.2, 0.25) is 0 Å². The van der Waals surface area contributed by atoms with Gasteiger partial charge in [0.1, 0.15) is 0 Å². The number of nitrogens with one attached hydrogen (secondary N) is 1. The van der Waals surface area contributed by atoms with E-state index >= 15 is 0 Å². The lowest BCUT2D eigenvalue weighted by Gasteiger charge is -2.20. The van der Waals surface area contributed by atoms with Crippen LogP contribution in [0, 0.1) is 20.8 Å². The first kappa shape index (κ1) is 15.2. The van der Waals surface area contributed by atoms with Crippen molar-refractivity contribution in [3.8, 4) is 0 Å². The Morgan fingerprint density at radius 1 is 1.20 bits per heavy atom. The Bertz CT molecular complexity index is 540. The lowest BCUT2D eigenvalue weighted by atomic mass is 9.99. The van der Waals surface area contributed by atoms with Gasteiger partial charge in [0.15, 0.2) is 0 Å². The van der Waals surface area contributed by atoms with E-state index in [-0.39, 0.29) is 0 Å². The molecular weight excluding hydrogens is 264 g/mol. The fourth-order valence-electron chi connectivity index (χ4n) is 2.39. The maximum absolute atomic E-state index is 4.69. The highest BCUT2D eigenvalue weighted by molar-refractivity contribution is 7.11. The monoisotopic (exact) mass is 288 g/mol. The van der Waals surface area contributed by atoms with E-state index in [4.69, 9.17) is 4.98 Å². The minimum atomic E-state index is 0.362. The largest absolute Gasteiger partial charge is 0.310 e. The highest BCUT2D eigenvalue weighted by atomic mass is 32.1. The van der Waals surface area contributed by atoms with Crippen molar-refractivity contribution in [1.82, 2.24) is 10.3 Å². The van der Waals surface area contributed by atoms with Gasteiger partial charge in [-0.05, 0) is 44.9 Å². The molecule has 2 rings (SSSR count). The highest BCUT2D eigenvalue weighted by Crippen LogP contribution is 2.25. The first-order valence-corrected chi connectivity index (χ1v) is 8.15. The molecule has 0 aliphatic carbocycles. The summed E-state index contributed by atoms with van der Waals surface area (Å²) >= 11 is 1.83. The molecule has 3 heteroatoms. The first-order valence-electron chi connectivity index (χ1n) is 7.33.